The molecule has 0 aliphatic carbocycles. The summed E-state index contributed by atoms with van der Waals surface area (Å²) in [5.74, 6) is 0. The van der Waals surface area contributed by atoms with Gasteiger partial charge in [-0.1, -0.05) is 12.2 Å². The number of allylic oxidation sites excluding steroid dienone is 3. The van der Waals surface area contributed by atoms with E-state index in [1.807, 2.05) is 6.92 Å². The van der Waals surface area contributed by atoms with E-state index in [9.17, 15) is 0 Å². The molecule has 0 fully saturated rings. The highest BCUT2D eigenvalue weighted by Gasteiger charge is 2.00. The van der Waals surface area contributed by atoms with Gasteiger partial charge in [0.15, 0.2) is 0 Å². The molecule has 0 aromatic carbocycles. The van der Waals surface area contributed by atoms with Gasteiger partial charge in [0.05, 0.1) is 24.3 Å². The highest BCUT2D eigenvalue weighted by molar-refractivity contribution is 14.1. The van der Waals surface area contributed by atoms with Gasteiger partial charge in [0.1, 0.15) is 0 Å². The Morgan fingerprint density at radius 1 is 1.43 bits per heavy atom. The van der Waals surface area contributed by atoms with Crippen molar-refractivity contribution < 1.29 is 4.90 Å². The second-order valence-electron chi connectivity index (χ2n) is 3.75. The van der Waals surface area contributed by atoms with E-state index in [2.05, 4.69) is 66.9 Å². The first-order valence-electron chi connectivity index (χ1n) is 5.06. The second kappa shape index (κ2) is 8.29. The van der Waals surface area contributed by atoms with E-state index in [4.69, 9.17) is 0 Å². The highest BCUT2D eigenvalue weighted by Crippen LogP contribution is 2.10. The minimum absolute atomic E-state index is 1.14. The summed E-state index contributed by atoms with van der Waals surface area (Å²) < 4.78 is 1.30. The Bertz CT molecular complexity index is 197. The van der Waals surface area contributed by atoms with E-state index < -0.39 is 0 Å². The normalized spacial score (nSPS) is 12.9. The third kappa shape index (κ3) is 7.38. The Morgan fingerprint density at radius 3 is 2.57 bits per heavy atom. The lowest BCUT2D eigenvalue weighted by molar-refractivity contribution is -0.858. The van der Waals surface area contributed by atoms with Gasteiger partial charge in [-0.25, -0.2) is 0 Å². The zero-order valence-electron chi connectivity index (χ0n) is 9.68. The van der Waals surface area contributed by atoms with Gasteiger partial charge in [0.25, 0.3) is 0 Å². The maximum atomic E-state index is 2.38. The fourth-order valence-corrected chi connectivity index (χ4v) is 1.53. The third-order valence-corrected chi connectivity index (χ3v) is 3.14. The summed E-state index contributed by atoms with van der Waals surface area (Å²) in [4.78, 5) is 3.81. The molecule has 0 unspecified atom stereocenters. The number of quaternary nitrogens is 1. The van der Waals surface area contributed by atoms with E-state index in [-0.39, 0.29) is 0 Å². The van der Waals surface area contributed by atoms with Crippen LogP contribution in [0.5, 0.6) is 0 Å². The van der Waals surface area contributed by atoms with Crippen LogP contribution in [0.2, 0.25) is 0 Å². The van der Waals surface area contributed by atoms with Gasteiger partial charge in [0, 0.05) is 20.0 Å². The van der Waals surface area contributed by atoms with E-state index >= 15 is 0 Å². The molecule has 0 bridgehead atoms. The lowest BCUT2D eigenvalue weighted by Gasteiger charge is -2.18. The van der Waals surface area contributed by atoms with Crippen LogP contribution in [-0.4, -0.2) is 39.1 Å². The molecule has 0 aliphatic heterocycles. The van der Waals surface area contributed by atoms with E-state index in [1.165, 1.54) is 21.6 Å². The van der Waals surface area contributed by atoms with Crippen LogP contribution in [0, 0.1) is 0 Å². The maximum absolute atomic E-state index is 2.38. The molecule has 0 radical (unpaired) electrons. The molecule has 0 aromatic heterocycles. The van der Waals surface area contributed by atoms with Gasteiger partial charge in [-0.15, -0.1) is 0 Å². The first-order valence-corrected chi connectivity index (χ1v) is 6.14. The number of hydrogen-bond acceptors (Lipinski definition) is 1. The monoisotopic (exact) mass is 309 g/mol. The van der Waals surface area contributed by atoms with Gasteiger partial charge < -0.3 is 9.80 Å². The Kier molecular flexibility index (Phi) is 8.27. The Balaban J connectivity index is 3.78. The summed E-state index contributed by atoms with van der Waals surface area (Å²) in [6.07, 6.45) is 7.52. The van der Waals surface area contributed by atoms with Crippen molar-refractivity contribution in [1.82, 2.24) is 4.90 Å². The summed E-state index contributed by atoms with van der Waals surface area (Å²) in [6, 6.07) is 0. The predicted molar refractivity (Wildman–Crippen MR) is 71.8 cm³/mol. The summed E-state index contributed by atoms with van der Waals surface area (Å²) in [6.45, 7) is 4.41. The number of nitrogens with one attached hydrogen (secondary N) is 1. The van der Waals surface area contributed by atoms with E-state index in [0.717, 1.165) is 6.54 Å². The van der Waals surface area contributed by atoms with Crippen LogP contribution in [0.4, 0.5) is 0 Å². The van der Waals surface area contributed by atoms with Crippen molar-refractivity contribution in [2.24, 2.45) is 0 Å². The number of halogens is 1. The topological polar surface area (TPSA) is 7.68 Å². The number of rotatable bonds is 6. The van der Waals surface area contributed by atoms with Crippen LogP contribution in [0.15, 0.2) is 21.9 Å². The molecule has 0 atom stereocenters. The first-order chi connectivity index (χ1) is 6.57. The average molecular weight is 309 g/mol. The van der Waals surface area contributed by atoms with Crippen LogP contribution in [-0.2, 0) is 0 Å². The lowest BCUT2D eigenvalue weighted by Crippen LogP contribution is -3.05. The van der Waals surface area contributed by atoms with Crippen LogP contribution < -0.4 is 4.90 Å². The summed E-state index contributed by atoms with van der Waals surface area (Å²) in [5.41, 5.74) is 0. The Hall–Kier alpha value is -0.0300. The van der Waals surface area contributed by atoms with E-state index in [1.54, 1.807) is 0 Å². The van der Waals surface area contributed by atoms with Crippen molar-refractivity contribution in [3.05, 3.63) is 21.9 Å². The van der Waals surface area contributed by atoms with Crippen molar-refractivity contribution in [2.45, 2.75) is 13.3 Å². The average Bonchev–Trinajstić information content (AvgIpc) is 2.13. The molecule has 0 amide bonds. The maximum Gasteiger partial charge on any atom is 0.0783 e. The minimum atomic E-state index is 1.14. The molecule has 0 saturated carbocycles. The highest BCUT2D eigenvalue weighted by atomic mass is 127. The molecule has 1 N–H and O–H groups in total. The molecule has 82 valence electrons. The van der Waals surface area contributed by atoms with Crippen LogP contribution in [0.3, 0.4) is 0 Å². The molecule has 0 aromatic rings. The molecule has 0 saturated heterocycles. The van der Waals surface area contributed by atoms with Gasteiger partial charge in [-0.05, 0) is 35.6 Å². The molecule has 0 spiro atoms. The van der Waals surface area contributed by atoms with Crippen molar-refractivity contribution in [3.8, 4) is 0 Å². The molecule has 0 heterocycles. The quantitative estimate of drug-likeness (QED) is 0.442. The van der Waals surface area contributed by atoms with Crippen LogP contribution in [0.1, 0.15) is 13.3 Å². The second-order valence-corrected chi connectivity index (χ2v) is 4.85. The zero-order chi connectivity index (χ0) is 11.0. The fourth-order valence-electron chi connectivity index (χ4n) is 1.08. The molecular weight excluding hydrogens is 287 g/mol. The van der Waals surface area contributed by atoms with Crippen molar-refractivity contribution in [1.29, 1.82) is 0 Å². The molecular formula is C11H22IN2+. The van der Waals surface area contributed by atoms with Gasteiger partial charge >= 0.3 is 0 Å². The molecule has 0 rings (SSSR count). The summed E-state index contributed by atoms with van der Waals surface area (Å²) >= 11 is 2.38. The first kappa shape index (κ1) is 14.0. The van der Waals surface area contributed by atoms with Crippen molar-refractivity contribution in [3.63, 3.8) is 0 Å². The zero-order valence-corrected chi connectivity index (χ0v) is 11.8. The van der Waals surface area contributed by atoms with Gasteiger partial charge in [0.2, 0.25) is 0 Å². The lowest BCUT2D eigenvalue weighted by atomic mass is 10.4. The number of nitrogens with zero attached hydrogens (tertiary/aromatic N) is 1. The third-order valence-electron chi connectivity index (χ3n) is 1.96. The molecule has 0 aliphatic rings. The Labute approximate surface area is 102 Å². The Morgan fingerprint density at radius 2 is 2.07 bits per heavy atom. The molecule has 2 nitrogen and oxygen atoms in total. The van der Waals surface area contributed by atoms with Gasteiger partial charge in [-0.2, -0.15) is 0 Å². The number of hydrogen-bond donors (Lipinski definition) is 1. The van der Waals surface area contributed by atoms with Gasteiger partial charge in [-0.3, -0.25) is 0 Å². The molecule has 3 heteroatoms. The van der Waals surface area contributed by atoms with E-state index in [0.29, 0.717) is 0 Å². The SMILES string of the molecule is CC=CC=C(I)N(C)CCC[NH+](C)C. The van der Waals surface area contributed by atoms with Crippen LogP contribution in [0.25, 0.3) is 0 Å². The summed E-state index contributed by atoms with van der Waals surface area (Å²) in [5, 5.41) is 0. The standard InChI is InChI=1S/C11H21IN2/c1-5-6-8-11(12)14(4)10-7-9-13(2)3/h5-6,8H,7,9-10H2,1-4H3/p+1. The fraction of sp³-hybridized carbons (Fsp3) is 0.636. The van der Waals surface area contributed by atoms with Crippen LogP contribution >= 0.6 is 22.6 Å². The minimum Gasteiger partial charge on any atom is -0.369 e. The summed E-state index contributed by atoms with van der Waals surface area (Å²) in [7, 11) is 6.54. The largest absolute Gasteiger partial charge is 0.369 e. The smallest absolute Gasteiger partial charge is 0.0783 e. The predicted octanol–water partition coefficient (Wildman–Crippen LogP) is 1.31. The molecule has 14 heavy (non-hydrogen) atoms. The van der Waals surface area contributed by atoms with Crippen molar-refractivity contribution in [2.75, 3.05) is 34.2 Å². The van der Waals surface area contributed by atoms with Crippen molar-refractivity contribution >= 4 is 22.6 Å².